The van der Waals surface area contributed by atoms with Gasteiger partial charge in [0.15, 0.2) is 11.5 Å². The summed E-state index contributed by atoms with van der Waals surface area (Å²) in [6.45, 7) is 0. The quantitative estimate of drug-likeness (QED) is 0.843. The number of methoxy groups -OCH3 is 4. The third-order valence-electron chi connectivity index (χ3n) is 4.10. The van der Waals surface area contributed by atoms with Gasteiger partial charge < -0.3 is 18.9 Å². The van der Waals surface area contributed by atoms with Crippen LogP contribution in [0.2, 0.25) is 0 Å². The van der Waals surface area contributed by atoms with Crippen LogP contribution in [-0.2, 0) is 6.42 Å². The SMILES string of the molecule is COc1ccc2c(c1)CC=C2c1cc(OC)c(OC)c(OC)c1. The molecule has 0 N–H and O–H groups in total. The minimum absolute atomic E-state index is 0.604. The molecule has 3 rings (SSSR count). The lowest BCUT2D eigenvalue weighted by Crippen LogP contribution is -1.97. The lowest BCUT2D eigenvalue weighted by atomic mass is 9.98. The summed E-state index contributed by atoms with van der Waals surface area (Å²) in [5, 5.41) is 0. The maximum Gasteiger partial charge on any atom is 0.203 e. The van der Waals surface area contributed by atoms with E-state index in [0.717, 1.165) is 17.7 Å². The summed E-state index contributed by atoms with van der Waals surface area (Å²) in [5.74, 6) is 2.80. The van der Waals surface area contributed by atoms with Gasteiger partial charge in [0.2, 0.25) is 5.75 Å². The molecular weight excluding hydrogens is 292 g/mol. The average molecular weight is 312 g/mol. The van der Waals surface area contributed by atoms with Crippen molar-refractivity contribution in [2.75, 3.05) is 28.4 Å². The molecule has 0 bridgehead atoms. The first kappa shape index (κ1) is 15.3. The Labute approximate surface area is 136 Å². The van der Waals surface area contributed by atoms with Gasteiger partial charge in [-0.25, -0.2) is 0 Å². The summed E-state index contributed by atoms with van der Waals surface area (Å²) < 4.78 is 21.6. The number of hydrogen-bond acceptors (Lipinski definition) is 4. The fourth-order valence-corrected chi connectivity index (χ4v) is 2.96. The van der Waals surface area contributed by atoms with Crippen molar-refractivity contribution < 1.29 is 18.9 Å². The van der Waals surface area contributed by atoms with Crippen LogP contribution in [-0.4, -0.2) is 28.4 Å². The third-order valence-corrected chi connectivity index (χ3v) is 4.10. The predicted molar refractivity (Wildman–Crippen MR) is 89.9 cm³/mol. The molecule has 0 saturated heterocycles. The number of allylic oxidation sites excluding steroid dienone is 1. The van der Waals surface area contributed by atoms with Gasteiger partial charge in [-0.05, 0) is 52.9 Å². The molecule has 2 aromatic carbocycles. The van der Waals surface area contributed by atoms with E-state index in [0.29, 0.717) is 17.2 Å². The normalized spacial score (nSPS) is 12.4. The Morgan fingerprint density at radius 2 is 1.48 bits per heavy atom. The molecule has 120 valence electrons. The highest BCUT2D eigenvalue weighted by Gasteiger charge is 2.20. The van der Waals surface area contributed by atoms with Crippen LogP contribution in [0, 0.1) is 0 Å². The molecule has 0 aromatic heterocycles. The molecule has 0 spiro atoms. The highest BCUT2D eigenvalue weighted by atomic mass is 16.5. The molecule has 0 aliphatic heterocycles. The van der Waals surface area contributed by atoms with Crippen molar-refractivity contribution >= 4 is 5.57 Å². The van der Waals surface area contributed by atoms with E-state index < -0.39 is 0 Å². The van der Waals surface area contributed by atoms with E-state index in [-0.39, 0.29) is 0 Å². The lowest BCUT2D eigenvalue weighted by Gasteiger charge is -2.15. The second-order valence-corrected chi connectivity index (χ2v) is 5.26. The van der Waals surface area contributed by atoms with E-state index in [1.165, 1.54) is 16.7 Å². The van der Waals surface area contributed by atoms with Crippen LogP contribution in [0.25, 0.3) is 5.57 Å². The number of benzene rings is 2. The van der Waals surface area contributed by atoms with E-state index in [1.54, 1.807) is 28.4 Å². The summed E-state index contributed by atoms with van der Waals surface area (Å²) in [6, 6.07) is 10.1. The monoisotopic (exact) mass is 312 g/mol. The van der Waals surface area contributed by atoms with E-state index in [9.17, 15) is 0 Å². The highest BCUT2D eigenvalue weighted by Crippen LogP contribution is 2.43. The van der Waals surface area contributed by atoms with Gasteiger partial charge in [0.05, 0.1) is 28.4 Å². The van der Waals surface area contributed by atoms with E-state index in [4.69, 9.17) is 18.9 Å². The second kappa shape index (κ2) is 6.24. The molecule has 4 heteroatoms. The first-order valence-corrected chi connectivity index (χ1v) is 7.39. The minimum Gasteiger partial charge on any atom is -0.497 e. The molecule has 1 aliphatic carbocycles. The zero-order valence-electron chi connectivity index (χ0n) is 13.8. The van der Waals surface area contributed by atoms with Crippen molar-refractivity contribution in [2.45, 2.75) is 6.42 Å². The van der Waals surface area contributed by atoms with Crippen LogP contribution in [0.4, 0.5) is 0 Å². The van der Waals surface area contributed by atoms with Crippen LogP contribution >= 0.6 is 0 Å². The van der Waals surface area contributed by atoms with Gasteiger partial charge in [0.1, 0.15) is 5.75 Å². The average Bonchev–Trinajstić information content (AvgIpc) is 3.03. The maximum atomic E-state index is 5.45. The fourth-order valence-electron chi connectivity index (χ4n) is 2.96. The predicted octanol–water partition coefficient (Wildman–Crippen LogP) is 3.71. The molecule has 0 amide bonds. The molecule has 0 saturated carbocycles. The first-order chi connectivity index (χ1) is 11.2. The molecule has 2 aromatic rings. The minimum atomic E-state index is 0.604. The van der Waals surface area contributed by atoms with Gasteiger partial charge in [0.25, 0.3) is 0 Å². The number of rotatable bonds is 5. The van der Waals surface area contributed by atoms with Crippen molar-refractivity contribution in [1.29, 1.82) is 0 Å². The van der Waals surface area contributed by atoms with Gasteiger partial charge >= 0.3 is 0 Å². The fraction of sp³-hybridized carbons (Fsp3) is 0.263. The van der Waals surface area contributed by atoms with Gasteiger partial charge in [0, 0.05) is 0 Å². The van der Waals surface area contributed by atoms with Crippen molar-refractivity contribution in [3.05, 3.63) is 53.1 Å². The Bertz CT molecular complexity index is 737. The Kier molecular flexibility index (Phi) is 4.15. The lowest BCUT2D eigenvalue weighted by molar-refractivity contribution is 0.324. The zero-order valence-corrected chi connectivity index (χ0v) is 13.8. The Morgan fingerprint density at radius 1 is 0.783 bits per heavy atom. The molecule has 0 heterocycles. The van der Waals surface area contributed by atoms with Gasteiger partial charge in [-0.3, -0.25) is 0 Å². The third kappa shape index (κ3) is 2.61. The van der Waals surface area contributed by atoms with E-state index >= 15 is 0 Å². The largest absolute Gasteiger partial charge is 0.497 e. The molecular formula is C19H20O4. The molecule has 23 heavy (non-hydrogen) atoms. The summed E-state index contributed by atoms with van der Waals surface area (Å²) in [6.07, 6.45) is 3.10. The van der Waals surface area contributed by atoms with Gasteiger partial charge in [-0.15, -0.1) is 0 Å². The van der Waals surface area contributed by atoms with Crippen LogP contribution < -0.4 is 18.9 Å². The van der Waals surface area contributed by atoms with Crippen molar-refractivity contribution in [1.82, 2.24) is 0 Å². The summed E-state index contributed by atoms with van der Waals surface area (Å²) in [5.41, 5.74) is 4.68. The first-order valence-electron chi connectivity index (χ1n) is 7.39. The summed E-state index contributed by atoms with van der Waals surface area (Å²) in [7, 11) is 6.55. The molecule has 1 aliphatic rings. The Morgan fingerprint density at radius 3 is 2.04 bits per heavy atom. The maximum absolute atomic E-state index is 5.45. The van der Waals surface area contributed by atoms with Crippen LogP contribution in [0.15, 0.2) is 36.4 Å². The van der Waals surface area contributed by atoms with E-state index in [1.807, 2.05) is 18.2 Å². The van der Waals surface area contributed by atoms with Crippen molar-refractivity contribution in [2.24, 2.45) is 0 Å². The summed E-state index contributed by atoms with van der Waals surface area (Å²) in [4.78, 5) is 0. The Balaban J connectivity index is 2.08. The van der Waals surface area contributed by atoms with Crippen LogP contribution in [0.1, 0.15) is 16.7 Å². The standard InChI is InChI=1S/C19H20O4/c1-20-14-6-8-15-12(9-14)5-7-16(15)13-10-17(21-2)19(23-4)18(11-13)22-3/h6-11H,5H2,1-4H3. The number of hydrogen-bond donors (Lipinski definition) is 0. The smallest absolute Gasteiger partial charge is 0.203 e. The molecule has 0 unspecified atom stereocenters. The van der Waals surface area contributed by atoms with Crippen molar-refractivity contribution in [3.8, 4) is 23.0 Å². The molecule has 4 nitrogen and oxygen atoms in total. The second-order valence-electron chi connectivity index (χ2n) is 5.26. The number of fused-ring (bicyclic) bond motifs is 1. The Hall–Kier alpha value is -2.62. The molecule has 0 atom stereocenters. The molecule has 0 fully saturated rings. The summed E-state index contributed by atoms with van der Waals surface area (Å²) >= 11 is 0. The highest BCUT2D eigenvalue weighted by molar-refractivity contribution is 5.86. The topological polar surface area (TPSA) is 36.9 Å². The van der Waals surface area contributed by atoms with E-state index in [2.05, 4.69) is 18.2 Å². The zero-order chi connectivity index (χ0) is 16.4. The molecule has 0 radical (unpaired) electrons. The van der Waals surface area contributed by atoms with Gasteiger partial charge in [-0.1, -0.05) is 12.1 Å². The number of ether oxygens (including phenoxy) is 4. The van der Waals surface area contributed by atoms with Crippen molar-refractivity contribution in [3.63, 3.8) is 0 Å². The van der Waals surface area contributed by atoms with Crippen LogP contribution in [0.3, 0.4) is 0 Å². The van der Waals surface area contributed by atoms with Gasteiger partial charge in [-0.2, -0.15) is 0 Å². The van der Waals surface area contributed by atoms with Crippen LogP contribution in [0.5, 0.6) is 23.0 Å².